The number of rotatable bonds is 5. The normalized spacial score (nSPS) is 10.7. The van der Waals surface area contributed by atoms with Crippen LogP contribution >= 0.6 is 0 Å². The quantitative estimate of drug-likeness (QED) is 0.708. The van der Waals surface area contributed by atoms with Crippen LogP contribution < -0.4 is 5.32 Å². The molecule has 2 aromatic carbocycles. The summed E-state index contributed by atoms with van der Waals surface area (Å²) in [6.45, 7) is 2.81. The summed E-state index contributed by atoms with van der Waals surface area (Å²) in [7, 11) is 0. The van der Waals surface area contributed by atoms with Gasteiger partial charge in [0.25, 0.3) is 5.91 Å². The molecule has 0 saturated carbocycles. The van der Waals surface area contributed by atoms with E-state index in [9.17, 15) is 4.79 Å². The molecule has 23 heavy (non-hydrogen) atoms. The van der Waals surface area contributed by atoms with Crippen molar-refractivity contribution < 1.29 is 4.79 Å². The largest absolute Gasteiger partial charge is 0.352 e. The Balaban J connectivity index is 2.06. The highest BCUT2D eigenvalue weighted by Gasteiger charge is 2.13. The molecule has 1 heterocycles. The smallest absolute Gasteiger partial charge is 0.252 e. The number of unbranched alkanes of at least 4 members (excludes halogenated alkanes) is 1. The molecule has 0 bridgehead atoms. The number of para-hydroxylation sites is 1. The van der Waals surface area contributed by atoms with E-state index in [1.807, 2.05) is 60.7 Å². The summed E-state index contributed by atoms with van der Waals surface area (Å²) >= 11 is 0. The summed E-state index contributed by atoms with van der Waals surface area (Å²) in [5.41, 5.74) is 3.37. The minimum atomic E-state index is -0.0331. The number of nitrogens with one attached hydrogen (secondary N) is 1. The lowest BCUT2D eigenvalue weighted by atomic mass is 10.0. The zero-order valence-corrected chi connectivity index (χ0v) is 13.3. The van der Waals surface area contributed by atoms with E-state index in [1.54, 1.807) is 0 Å². The molecule has 0 saturated heterocycles. The third-order valence-electron chi connectivity index (χ3n) is 3.85. The Labute approximate surface area is 136 Å². The van der Waals surface area contributed by atoms with Crippen LogP contribution in [-0.2, 0) is 0 Å². The van der Waals surface area contributed by atoms with Crippen molar-refractivity contribution in [3.05, 3.63) is 66.2 Å². The second-order valence-corrected chi connectivity index (χ2v) is 5.55. The van der Waals surface area contributed by atoms with E-state index in [1.165, 1.54) is 0 Å². The third-order valence-corrected chi connectivity index (χ3v) is 3.85. The average molecular weight is 304 g/mol. The Morgan fingerprint density at radius 3 is 2.57 bits per heavy atom. The lowest BCUT2D eigenvalue weighted by Crippen LogP contribution is -2.24. The second-order valence-electron chi connectivity index (χ2n) is 5.55. The van der Waals surface area contributed by atoms with Gasteiger partial charge in [0.15, 0.2) is 0 Å². The van der Waals surface area contributed by atoms with Crippen LogP contribution in [0.3, 0.4) is 0 Å². The zero-order chi connectivity index (χ0) is 16.1. The fraction of sp³-hybridized carbons (Fsp3) is 0.200. The average Bonchev–Trinajstić information content (AvgIpc) is 2.61. The lowest BCUT2D eigenvalue weighted by molar-refractivity contribution is 0.0955. The Bertz CT molecular complexity index is 812. The molecule has 3 rings (SSSR count). The SMILES string of the molecule is CCCCNC(=O)c1cc(-c2ccccc2)nc2ccccc12. The van der Waals surface area contributed by atoms with E-state index in [0.29, 0.717) is 12.1 Å². The fourth-order valence-corrected chi connectivity index (χ4v) is 2.59. The van der Waals surface area contributed by atoms with Gasteiger partial charge in [-0.15, -0.1) is 0 Å². The second kappa shape index (κ2) is 7.05. The van der Waals surface area contributed by atoms with Gasteiger partial charge in [-0.1, -0.05) is 61.9 Å². The van der Waals surface area contributed by atoms with Crippen LogP contribution in [0.5, 0.6) is 0 Å². The summed E-state index contributed by atoms with van der Waals surface area (Å²) < 4.78 is 0. The predicted molar refractivity (Wildman–Crippen MR) is 94.4 cm³/mol. The van der Waals surface area contributed by atoms with Crippen molar-refractivity contribution in [1.82, 2.24) is 10.3 Å². The number of carbonyl (C=O) groups excluding carboxylic acids is 1. The molecule has 3 nitrogen and oxygen atoms in total. The fourth-order valence-electron chi connectivity index (χ4n) is 2.59. The van der Waals surface area contributed by atoms with Crippen molar-refractivity contribution in [3.8, 4) is 11.3 Å². The first-order valence-corrected chi connectivity index (χ1v) is 8.03. The van der Waals surface area contributed by atoms with Gasteiger partial charge < -0.3 is 5.32 Å². The molecule has 3 heteroatoms. The summed E-state index contributed by atoms with van der Waals surface area (Å²) in [5, 5.41) is 3.89. The summed E-state index contributed by atoms with van der Waals surface area (Å²) in [5.74, 6) is -0.0331. The molecule has 116 valence electrons. The number of benzene rings is 2. The monoisotopic (exact) mass is 304 g/mol. The molecule has 0 spiro atoms. The first-order chi connectivity index (χ1) is 11.3. The number of nitrogens with zero attached hydrogens (tertiary/aromatic N) is 1. The van der Waals surface area contributed by atoms with Crippen LogP contribution in [0.25, 0.3) is 22.2 Å². The predicted octanol–water partition coefficient (Wildman–Crippen LogP) is 4.43. The van der Waals surface area contributed by atoms with E-state index >= 15 is 0 Å². The lowest BCUT2D eigenvalue weighted by Gasteiger charge is -2.10. The minimum Gasteiger partial charge on any atom is -0.352 e. The number of fused-ring (bicyclic) bond motifs is 1. The Morgan fingerprint density at radius 1 is 1.04 bits per heavy atom. The molecule has 0 unspecified atom stereocenters. The highest BCUT2D eigenvalue weighted by Crippen LogP contribution is 2.24. The minimum absolute atomic E-state index is 0.0331. The Morgan fingerprint density at radius 2 is 1.78 bits per heavy atom. The van der Waals surface area contributed by atoms with E-state index in [0.717, 1.165) is 35.0 Å². The Hall–Kier alpha value is -2.68. The highest BCUT2D eigenvalue weighted by molar-refractivity contribution is 6.07. The van der Waals surface area contributed by atoms with Crippen LogP contribution in [-0.4, -0.2) is 17.4 Å². The summed E-state index contributed by atoms with van der Waals surface area (Å²) in [6, 6.07) is 19.6. The van der Waals surface area contributed by atoms with Gasteiger partial charge in [0.2, 0.25) is 0 Å². The number of aromatic nitrogens is 1. The van der Waals surface area contributed by atoms with Crippen molar-refractivity contribution in [3.63, 3.8) is 0 Å². The van der Waals surface area contributed by atoms with Crippen molar-refractivity contribution in [1.29, 1.82) is 0 Å². The van der Waals surface area contributed by atoms with Crippen molar-refractivity contribution >= 4 is 16.8 Å². The van der Waals surface area contributed by atoms with Crippen LogP contribution in [0.15, 0.2) is 60.7 Å². The maximum atomic E-state index is 12.6. The van der Waals surface area contributed by atoms with Crippen molar-refractivity contribution in [2.24, 2.45) is 0 Å². The molecule has 1 amide bonds. The molecule has 0 radical (unpaired) electrons. The molecule has 1 N–H and O–H groups in total. The first kappa shape index (κ1) is 15.2. The van der Waals surface area contributed by atoms with E-state index < -0.39 is 0 Å². The van der Waals surface area contributed by atoms with Crippen molar-refractivity contribution in [2.75, 3.05) is 6.54 Å². The van der Waals surface area contributed by atoms with E-state index in [2.05, 4.69) is 12.2 Å². The summed E-state index contributed by atoms with van der Waals surface area (Å²) in [6.07, 6.45) is 2.05. The highest BCUT2D eigenvalue weighted by atomic mass is 16.1. The van der Waals surface area contributed by atoms with Gasteiger partial charge in [-0.2, -0.15) is 0 Å². The molecule has 0 aliphatic carbocycles. The summed E-state index contributed by atoms with van der Waals surface area (Å²) in [4.78, 5) is 17.3. The van der Waals surface area contributed by atoms with Gasteiger partial charge in [-0.05, 0) is 18.6 Å². The standard InChI is InChI=1S/C20H20N2O/c1-2-3-13-21-20(23)17-14-19(15-9-5-4-6-10-15)22-18-12-8-7-11-16(17)18/h4-12,14H,2-3,13H2,1H3,(H,21,23). The first-order valence-electron chi connectivity index (χ1n) is 8.03. The maximum Gasteiger partial charge on any atom is 0.252 e. The topological polar surface area (TPSA) is 42.0 Å². The van der Waals surface area contributed by atoms with E-state index in [4.69, 9.17) is 4.98 Å². The van der Waals surface area contributed by atoms with Crippen LogP contribution in [0.4, 0.5) is 0 Å². The van der Waals surface area contributed by atoms with Crippen molar-refractivity contribution in [2.45, 2.75) is 19.8 Å². The number of hydrogen-bond acceptors (Lipinski definition) is 2. The van der Waals surface area contributed by atoms with Crippen LogP contribution in [0.1, 0.15) is 30.1 Å². The van der Waals surface area contributed by atoms with E-state index in [-0.39, 0.29) is 5.91 Å². The van der Waals surface area contributed by atoms with Crippen LogP contribution in [0.2, 0.25) is 0 Å². The number of pyridine rings is 1. The molecule has 0 fully saturated rings. The van der Waals surface area contributed by atoms with Gasteiger partial charge >= 0.3 is 0 Å². The number of carbonyl (C=O) groups is 1. The number of hydrogen-bond donors (Lipinski definition) is 1. The molecule has 3 aromatic rings. The van der Waals surface area contributed by atoms with Crippen LogP contribution in [0, 0.1) is 0 Å². The molecule has 0 atom stereocenters. The Kier molecular flexibility index (Phi) is 4.67. The zero-order valence-electron chi connectivity index (χ0n) is 13.3. The molecule has 0 aliphatic heterocycles. The van der Waals surface area contributed by atoms with Gasteiger partial charge in [-0.25, -0.2) is 4.98 Å². The van der Waals surface area contributed by atoms with Gasteiger partial charge in [0, 0.05) is 17.5 Å². The number of amides is 1. The maximum absolute atomic E-state index is 12.6. The molecule has 0 aliphatic rings. The molecule has 1 aromatic heterocycles. The third kappa shape index (κ3) is 3.39. The van der Waals surface area contributed by atoms with Gasteiger partial charge in [-0.3, -0.25) is 4.79 Å². The van der Waals surface area contributed by atoms with Gasteiger partial charge in [0.05, 0.1) is 16.8 Å². The van der Waals surface area contributed by atoms with Gasteiger partial charge in [0.1, 0.15) is 0 Å². The molecular weight excluding hydrogens is 284 g/mol. The molecular formula is C20H20N2O.